The van der Waals surface area contributed by atoms with Crippen molar-refractivity contribution in [3.63, 3.8) is 0 Å². The minimum atomic E-state index is 0.0972. The third-order valence-electron chi connectivity index (χ3n) is 3.11. The molecule has 1 aliphatic rings. The van der Waals surface area contributed by atoms with Crippen LogP contribution in [0.5, 0.6) is 0 Å². The number of anilines is 1. The number of hydrogen-bond acceptors (Lipinski definition) is 3. The van der Waals surface area contributed by atoms with Crippen LogP contribution < -0.4 is 5.32 Å². The molecule has 0 spiro atoms. The van der Waals surface area contributed by atoms with E-state index in [4.69, 9.17) is 16.6 Å². The largest absolute Gasteiger partial charge is 0.335 e. The molecule has 1 atom stereocenters. The highest BCUT2D eigenvalue weighted by Gasteiger charge is 2.25. The summed E-state index contributed by atoms with van der Waals surface area (Å²) in [5, 5.41) is 5.13. The van der Waals surface area contributed by atoms with Gasteiger partial charge in [0.05, 0.1) is 5.54 Å². The molecule has 1 N–H and O–H groups in total. The molecule has 0 aliphatic carbocycles. The van der Waals surface area contributed by atoms with E-state index in [0.29, 0.717) is 0 Å². The average molecular weight is 269 g/mol. The summed E-state index contributed by atoms with van der Waals surface area (Å²) in [5.41, 5.74) is 1.14. The second-order valence-electron chi connectivity index (χ2n) is 4.50. The zero-order chi connectivity index (χ0) is 12.3. The predicted molar refractivity (Wildman–Crippen MR) is 78.3 cm³/mol. The lowest BCUT2D eigenvalue weighted by Crippen LogP contribution is -2.29. The fourth-order valence-corrected chi connectivity index (χ4v) is 3.01. The molecule has 92 valence electrons. The third-order valence-corrected chi connectivity index (χ3v) is 4.24. The first-order chi connectivity index (χ1) is 8.11. The molecule has 1 aliphatic heterocycles. The molecular formula is C13H17ClN2S. The van der Waals surface area contributed by atoms with Gasteiger partial charge < -0.3 is 5.32 Å². The summed E-state index contributed by atoms with van der Waals surface area (Å²) in [4.78, 5) is 4.79. The van der Waals surface area contributed by atoms with Crippen LogP contribution in [0.3, 0.4) is 0 Å². The van der Waals surface area contributed by atoms with Crippen LogP contribution in [-0.4, -0.2) is 16.5 Å². The lowest BCUT2D eigenvalue weighted by Gasteiger charge is -2.29. The molecule has 1 heterocycles. The van der Waals surface area contributed by atoms with Gasteiger partial charge in [-0.2, -0.15) is 0 Å². The van der Waals surface area contributed by atoms with Crippen LogP contribution in [0.2, 0.25) is 5.02 Å². The number of nitrogens with zero attached hydrogens (tertiary/aromatic N) is 1. The molecule has 1 aromatic rings. The molecule has 2 rings (SSSR count). The minimum absolute atomic E-state index is 0.0972. The van der Waals surface area contributed by atoms with E-state index in [1.54, 1.807) is 11.8 Å². The van der Waals surface area contributed by atoms with Crippen LogP contribution in [-0.2, 0) is 0 Å². The maximum atomic E-state index is 5.86. The summed E-state index contributed by atoms with van der Waals surface area (Å²) in [6.45, 7) is 4.41. The standard InChI is InChI=1S/C13H17ClN2S/c1-3-13(2)8-9-17-12(16-13)15-11-6-4-10(14)5-7-11/h4-7H,3,8-9H2,1-2H3,(H,15,16). The van der Waals surface area contributed by atoms with E-state index in [2.05, 4.69) is 19.2 Å². The van der Waals surface area contributed by atoms with E-state index in [9.17, 15) is 0 Å². The fraction of sp³-hybridized carbons (Fsp3) is 0.462. The highest BCUT2D eigenvalue weighted by Crippen LogP contribution is 2.29. The normalized spacial score (nSPS) is 24.3. The summed E-state index contributed by atoms with van der Waals surface area (Å²) >= 11 is 7.64. The van der Waals surface area contributed by atoms with E-state index in [0.717, 1.165) is 34.5 Å². The Labute approximate surface area is 112 Å². The Balaban J connectivity index is 2.10. The Morgan fingerprint density at radius 2 is 2.12 bits per heavy atom. The summed E-state index contributed by atoms with van der Waals surface area (Å²) in [7, 11) is 0. The van der Waals surface area contributed by atoms with Gasteiger partial charge in [-0.05, 0) is 44.0 Å². The van der Waals surface area contributed by atoms with Crippen molar-refractivity contribution in [1.82, 2.24) is 0 Å². The number of hydrogen-bond donors (Lipinski definition) is 1. The van der Waals surface area contributed by atoms with Crippen LogP contribution in [0, 0.1) is 0 Å². The zero-order valence-corrected chi connectivity index (χ0v) is 11.7. The second kappa shape index (κ2) is 5.32. The van der Waals surface area contributed by atoms with Crippen molar-refractivity contribution in [2.24, 2.45) is 4.99 Å². The first kappa shape index (κ1) is 12.8. The van der Waals surface area contributed by atoms with Crippen molar-refractivity contribution in [1.29, 1.82) is 0 Å². The zero-order valence-electron chi connectivity index (χ0n) is 10.2. The van der Waals surface area contributed by atoms with Crippen LogP contribution in [0.15, 0.2) is 29.3 Å². The molecule has 17 heavy (non-hydrogen) atoms. The summed E-state index contributed by atoms with van der Waals surface area (Å²) in [6.07, 6.45) is 2.24. The lowest BCUT2D eigenvalue weighted by atomic mass is 9.97. The Kier molecular flexibility index (Phi) is 4.00. The van der Waals surface area contributed by atoms with Gasteiger partial charge in [0.15, 0.2) is 5.17 Å². The molecule has 0 amide bonds. The molecule has 0 saturated heterocycles. The molecule has 0 fully saturated rings. The second-order valence-corrected chi connectivity index (χ2v) is 6.02. The summed E-state index contributed by atoms with van der Waals surface area (Å²) in [5.74, 6) is 1.13. The van der Waals surface area contributed by atoms with Crippen LogP contribution in [0.25, 0.3) is 0 Å². The fourth-order valence-electron chi connectivity index (χ4n) is 1.68. The molecule has 4 heteroatoms. The van der Waals surface area contributed by atoms with Gasteiger partial charge in [0.1, 0.15) is 0 Å². The van der Waals surface area contributed by atoms with Crippen molar-refractivity contribution >= 4 is 34.2 Å². The molecule has 0 saturated carbocycles. The van der Waals surface area contributed by atoms with Crippen molar-refractivity contribution in [3.05, 3.63) is 29.3 Å². The topological polar surface area (TPSA) is 24.4 Å². The van der Waals surface area contributed by atoms with Crippen LogP contribution in [0.4, 0.5) is 5.69 Å². The number of halogens is 1. The molecule has 0 aromatic heterocycles. The van der Waals surface area contributed by atoms with Crippen LogP contribution >= 0.6 is 23.4 Å². The van der Waals surface area contributed by atoms with Gasteiger partial charge in [0, 0.05) is 16.5 Å². The average Bonchev–Trinajstić information content (AvgIpc) is 2.32. The van der Waals surface area contributed by atoms with E-state index in [1.165, 1.54) is 0 Å². The monoisotopic (exact) mass is 268 g/mol. The number of thioether (sulfide) groups is 1. The van der Waals surface area contributed by atoms with Gasteiger partial charge in [-0.15, -0.1) is 0 Å². The Bertz CT molecular complexity index is 416. The molecule has 2 nitrogen and oxygen atoms in total. The van der Waals surface area contributed by atoms with E-state index in [1.807, 2.05) is 24.3 Å². The van der Waals surface area contributed by atoms with E-state index in [-0.39, 0.29) is 5.54 Å². The molecular weight excluding hydrogens is 252 g/mol. The highest BCUT2D eigenvalue weighted by molar-refractivity contribution is 8.14. The van der Waals surface area contributed by atoms with Gasteiger partial charge in [0.25, 0.3) is 0 Å². The molecule has 0 bridgehead atoms. The Morgan fingerprint density at radius 1 is 1.41 bits per heavy atom. The van der Waals surface area contributed by atoms with Gasteiger partial charge >= 0.3 is 0 Å². The third kappa shape index (κ3) is 3.39. The van der Waals surface area contributed by atoms with E-state index < -0.39 is 0 Å². The maximum Gasteiger partial charge on any atom is 0.161 e. The minimum Gasteiger partial charge on any atom is -0.335 e. The number of amidine groups is 1. The number of benzene rings is 1. The van der Waals surface area contributed by atoms with Crippen molar-refractivity contribution < 1.29 is 0 Å². The highest BCUT2D eigenvalue weighted by atomic mass is 35.5. The van der Waals surface area contributed by atoms with Gasteiger partial charge in [-0.1, -0.05) is 30.3 Å². The van der Waals surface area contributed by atoms with E-state index >= 15 is 0 Å². The smallest absolute Gasteiger partial charge is 0.161 e. The molecule has 1 aromatic carbocycles. The first-order valence-corrected chi connectivity index (χ1v) is 7.23. The number of nitrogens with one attached hydrogen (secondary N) is 1. The lowest BCUT2D eigenvalue weighted by molar-refractivity contribution is 0.443. The van der Waals surface area contributed by atoms with Crippen LogP contribution in [0.1, 0.15) is 26.7 Å². The van der Waals surface area contributed by atoms with Gasteiger partial charge in [-0.25, -0.2) is 0 Å². The summed E-state index contributed by atoms with van der Waals surface area (Å²) < 4.78 is 0. The quantitative estimate of drug-likeness (QED) is 0.859. The number of aliphatic imine (C=N–C) groups is 1. The first-order valence-electron chi connectivity index (χ1n) is 5.86. The van der Waals surface area contributed by atoms with Crippen molar-refractivity contribution in [2.75, 3.05) is 11.1 Å². The molecule has 1 unspecified atom stereocenters. The Morgan fingerprint density at radius 3 is 2.76 bits per heavy atom. The predicted octanol–water partition coefficient (Wildman–Crippen LogP) is 4.41. The number of rotatable bonds is 2. The SMILES string of the molecule is CCC1(C)CCSC(Nc2ccc(Cl)cc2)=N1. The van der Waals surface area contributed by atoms with Crippen molar-refractivity contribution in [3.8, 4) is 0 Å². The van der Waals surface area contributed by atoms with Gasteiger partial charge in [0.2, 0.25) is 0 Å². The molecule has 0 radical (unpaired) electrons. The Hall–Kier alpha value is -0.670. The summed E-state index contributed by atoms with van der Waals surface area (Å²) in [6, 6.07) is 7.72. The maximum absolute atomic E-state index is 5.86. The van der Waals surface area contributed by atoms with Gasteiger partial charge in [-0.3, -0.25) is 4.99 Å². The van der Waals surface area contributed by atoms with Crippen molar-refractivity contribution in [2.45, 2.75) is 32.2 Å².